The molecule has 21 heteroatoms. The zero-order valence-corrected chi connectivity index (χ0v) is 55.7. The maximum absolute atomic E-state index is 18.3. The first-order chi connectivity index (χ1) is 43.0. The SMILES string of the molecule is COCOc1cc(-c2ncc3c(N4CC5CCC(C4)N5C(=O)OC(C)(C)C)nc(OC[C@@H]4CCCN4CCC4CCC5(CC4)CCN(C(=O)c4ccc(Cl)c(N6CCC(=O)NC6=O)c4)CC5)nc3c2F)c2c(C#C[Si](C(C)C)(C(C)C)C(C)C)c(F)ccc2c1. The van der Waals surface area contributed by atoms with Gasteiger partial charge in [-0.15, -0.1) is 5.54 Å². The molecule has 3 atom stereocenters. The van der Waals surface area contributed by atoms with Crippen molar-refractivity contribution in [1.82, 2.24) is 35.0 Å². The van der Waals surface area contributed by atoms with Crippen molar-refractivity contribution in [1.29, 1.82) is 0 Å². The number of carbonyl (C=O) groups excluding carboxylic acids is 4. The fourth-order valence-corrected chi connectivity index (χ4v) is 21.2. The molecule has 6 fully saturated rings. The second-order valence-electron chi connectivity index (χ2n) is 28.0. The van der Waals surface area contributed by atoms with Crippen LogP contribution in [0.4, 0.5) is 29.9 Å². The zero-order chi connectivity index (χ0) is 64.0. The van der Waals surface area contributed by atoms with Crippen LogP contribution < -0.4 is 24.6 Å². The molecule has 1 N–H and O–H groups in total. The molecule has 5 amide bonds. The van der Waals surface area contributed by atoms with E-state index in [0.29, 0.717) is 88.3 Å². The van der Waals surface area contributed by atoms with Gasteiger partial charge in [0.2, 0.25) is 5.91 Å². The lowest BCUT2D eigenvalue weighted by molar-refractivity contribution is -0.120. The monoisotopic (exact) mass is 1270 g/mol. The normalized spacial score (nSPS) is 20.9. The summed E-state index contributed by atoms with van der Waals surface area (Å²) in [5.41, 5.74) is 5.43. The van der Waals surface area contributed by atoms with Gasteiger partial charge in [-0.25, -0.2) is 18.4 Å². The second-order valence-corrected chi connectivity index (χ2v) is 34.0. The number of halogens is 3. The summed E-state index contributed by atoms with van der Waals surface area (Å²) >= 11 is 6.51. The molecule has 17 nitrogen and oxygen atoms in total. The van der Waals surface area contributed by atoms with Crippen LogP contribution >= 0.6 is 11.6 Å². The van der Waals surface area contributed by atoms with Crippen molar-refractivity contribution in [2.45, 2.75) is 180 Å². The average Bonchev–Trinajstić information content (AvgIpc) is 0.919. The standard InChI is InChI=1S/C69H88ClF2N9O8Si/c1-42(2)90(43(3)4,44(5)6)33-23-52-56(71)18-14-46-34-51(88-41-86-10)36-53(59(46)52)61-60(72)62-54(37-73-61)63(79-38-48-15-16-49(39-79)81(48)67(85)89-68(7,8)9)76-65(75-62)87-40-50-12-11-28-77(50)29-21-45-19-24-69(25-20-45)26-31-78(32-27-69)64(83)47-13-17-55(70)57(35-47)80-30-22-58(82)74-66(80)84/h13-14,17-18,34-37,42-45,48-50H,11-12,15-16,19-22,24-32,38-41H2,1-10H3,(H,74,82,84)/t48?,49?,50-/m0/s1. The maximum Gasteiger partial charge on any atom is 0.410 e. The van der Waals surface area contributed by atoms with E-state index in [0.717, 1.165) is 83.7 Å². The molecule has 11 rings (SSSR count). The van der Waals surface area contributed by atoms with Crippen molar-refractivity contribution in [3.05, 3.63) is 76.4 Å². The summed E-state index contributed by atoms with van der Waals surface area (Å²) in [6, 6.07) is 10.8. The Labute approximate surface area is 534 Å². The number of aromatic nitrogens is 3. The van der Waals surface area contributed by atoms with E-state index < -0.39 is 31.3 Å². The quantitative estimate of drug-likeness (QED) is 0.0562. The fraction of sp³-hybridized carbons (Fsp3) is 0.580. The van der Waals surface area contributed by atoms with Crippen molar-refractivity contribution in [2.75, 3.05) is 76.1 Å². The molecule has 5 saturated heterocycles. The minimum atomic E-state index is -2.36. The number of methoxy groups -OCH3 is 1. The molecule has 90 heavy (non-hydrogen) atoms. The van der Waals surface area contributed by atoms with E-state index in [1.54, 1.807) is 42.6 Å². The number of fused-ring (bicyclic) bond motifs is 4. The number of nitrogens with zero attached hydrogens (tertiary/aromatic N) is 8. The molecule has 2 aromatic heterocycles. The first-order valence-electron chi connectivity index (χ1n) is 32.6. The molecule has 3 aromatic carbocycles. The Morgan fingerprint density at radius 2 is 1.58 bits per heavy atom. The fourth-order valence-electron chi connectivity index (χ4n) is 15.7. The first kappa shape index (κ1) is 64.9. The summed E-state index contributed by atoms with van der Waals surface area (Å²) in [5.74, 6) is 3.14. The van der Waals surface area contributed by atoms with Gasteiger partial charge in [0.15, 0.2) is 12.6 Å². The molecular formula is C69H88ClF2N9O8Si. The highest BCUT2D eigenvalue weighted by molar-refractivity contribution is 6.90. The summed E-state index contributed by atoms with van der Waals surface area (Å²) in [7, 11) is -0.840. The maximum atomic E-state index is 18.3. The summed E-state index contributed by atoms with van der Waals surface area (Å²) < 4.78 is 58.8. The number of piperidine rings is 1. The van der Waals surface area contributed by atoms with E-state index >= 15 is 8.78 Å². The minimum absolute atomic E-state index is 0.00401. The first-order valence-corrected chi connectivity index (χ1v) is 35.2. The lowest BCUT2D eigenvalue weighted by atomic mass is 9.65. The van der Waals surface area contributed by atoms with Gasteiger partial charge in [0, 0.05) is 75.0 Å². The number of benzene rings is 3. The van der Waals surface area contributed by atoms with E-state index in [1.165, 1.54) is 18.1 Å². The number of anilines is 2. The van der Waals surface area contributed by atoms with Crippen molar-refractivity contribution < 1.29 is 46.9 Å². The van der Waals surface area contributed by atoms with Crippen molar-refractivity contribution >= 4 is 76.8 Å². The number of imide groups is 1. The largest absolute Gasteiger partial charge is 0.468 e. The predicted octanol–water partition coefficient (Wildman–Crippen LogP) is 13.7. The Kier molecular flexibility index (Phi) is 19.1. The van der Waals surface area contributed by atoms with Gasteiger partial charge in [-0.3, -0.25) is 34.6 Å². The van der Waals surface area contributed by atoms with Crippen LogP contribution in [0.15, 0.2) is 48.7 Å². The molecule has 5 aliphatic heterocycles. The number of ether oxygens (including phenoxy) is 4. The lowest BCUT2D eigenvalue weighted by Gasteiger charge is -2.46. The number of pyridine rings is 1. The van der Waals surface area contributed by atoms with Gasteiger partial charge in [-0.1, -0.05) is 65.1 Å². The summed E-state index contributed by atoms with van der Waals surface area (Å²) in [6.07, 6.45) is 12.4. The molecule has 1 saturated carbocycles. The number of piperazine rings is 1. The number of hydrogen-bond donors (Lipinski definition) is 1. The molecule has 5 aromatic rings. The third-order valence-corrected chi connectivity index (χ3v) is 27.1. The van der Waals surface area contributed by atoms with Crippen LogP contribution in [-0.4, -0.2) is 152 Å². The summed E-state index contributed by atoms with van der Waals surface area (Å²) in [4.78, 5) is 76.7. The van der Waals surface area contributed by atoms with Crippen molar-refractivity contribution in [2.24, 2.45) is 11.3 Å². The number of amides is 5. The van der Waals surface area contributed by atoms with Gasteiger partial charge >= 0.3 is 18.1 Å². The van der Waals surface area contributed by atoms with Crippen LogP contribution in [0.2, 0.25) is 21.6 Å². The van der Waals surface area contributed by atoms with E-state index in [-0.39, 0.29) is 101 Å². The zero-order valence-electron chi connectivity index (χ0n) is 54.0. The van der Waals surface area contributed by atoms with Gasteiger partial charge < -0.3 is 28.7 Å². The summed E-state index contributed by atoms with van der Waals surface area (Å²) in [6.45, 7) is 23.4. The number of urea groups is 1. The Morgan fingerprint density at radius 1 is 0.867 bits per heavy atom. The molecule has 7 heterocycles. The molecule has 2 unspecified atom stereocenters. The molecule has 6 aliphatic rings. The van der Waals surface area contributed by atoms with Crippen LogP contribution in [0.25, 0.3) is 32.9 Å². The van der Waals surface area contributed by atoms with Crippen molar-refractivity contribution in [3.8, 4) is 34.5 Å². The number of nitrogens with one attached hydrogen (secondary N) is 1. The van der Waals surface area contributed by atoms with E-state index in [1.807, 2.05) is 30.6 Å². The third-order valence-electron chi connectivity index (χ3n) is 20.5. The number of carbonyl (C=O) groups is 4. The van der Waals surface area contributed by atoms with Gasteiger partial charge in [-0.05, 0) is 174 Å². The van der Waals surface area contributed by atoms with Crippen LogP contribution in [0.1, 0.15) is 155 Å². The Morgan fingerprint density at radius 3 is 2.24 bits per heavy atom. The Balaban J connectivity index is 0.826. The van der Waals surface area contributed by atoms with Gasteiger partial charge in [0.1, 0.15) is 48.9 Å². The van der Waals surface area contributed by atoms with Gasteiger partial charge in [0.05, 0.1) is 33.7 Å². The predicted molar refractivity (Wildman–Crippen MR) is 349 cm³/mol. The smallest absolute Gasteiger partial charge is 0.410 e. The van der Waals surface area contributed by atoms with E-state index in [9.17, 15) is 19.2 Å². The summed E-state index contributed by atoms with van der Waals surface area (Å²) in [5, 5.41) is 4.07. The minimum Gasteiger partial charge on any atom is -0.468 e. The molecule has 1 spiro atoms. The third kappa shape index (κ3) is 13.2. The molecular weight excluding hydrogens is 1180 g/mol. The number of likely N-dealkylation sites (tertiary alicyclic amines) is 2. The van der Waals surface area contributed by atoms with Crippen LogP contribution in [0.3, 0.4) is 0 Å². The Hall–Kier alpha value is -6.66. The highest BCUT2D eigenvalue weighted by Gasteiger charge is 2.46. The van der Waals surface area contributed by atoms with Crippen LogP contribution in [0, 0.1) is 34.4 Å². The molecule has 0 radical (unpaired) electrons. The number of hydrogen-bond acceptors (Lipinski definition) is 13. The van der Waals surface area contributed by atoms with Crippen molar-refractivity contribution in [3.63, 3.8) is 0 Å². The molecule has 2 bridgehead atoms. The average molecular weight is 1270 g/mol. The highest BCUT2D eigenvalue weighted by Crippen LogP contribution is 2.48. The van der Waals surface area contributed by atoms with Crippen LogP contribution in [0.5, 0.6) is 11.8 Å². The Bertz CT molecular complexity index is 3580. The molecule has 482 valence electrons. The highest BCUT2D eigenvalue weighted by atomic mass is 35.5. The lowest BCUT2D eigenvalue weighted by Crippen LogP contribution is -2.57. The van der Waals surface area contributed by atoms with Gasteiger partial charge in [0.25, 0.3) is 5.91 Å². The van der Waals surface area contributed by atoms with E-state index in [2.05, 4.69) is 68.1 Å². The van der Waals surface area contributed by atoms with Gasteiger partial charge in [-0.2, -0.15) is 9.97 Å². The van der Waals surface area contributed by atoms with E-state index in [4.69, 9.17) is 45.5 Å². The van der Waals surface area contributed by atoms with Crippen LogP contribution in [-0.2, 0) is 14.3 Å². The second kappa shape index (κ2) is 26.5. The number of rotatable bonds is 16. The molecule has 1 aliphatic carbocycles. The topological polar surface area (TPSA) is 172 Å².